The van der Waals surface area contributed by atoms with Crippen molar-refractivity contribution in [2.75, 3.05) is 13.9 Å². The Morgan fingerprint density at radius 1 is 1.00 bits per heavy atom. The highest BCUT2D eigenvalue weighted by molar-refractivity contribution is 7.89. The molecule has 0 radical (unpaired) electrons. The number of fused-ring (bicyclic) bond motifs is 2. The largest absolute Gasteiger partial charge is 0.497 e. The second-order valence-electron chi connectivity index (χ2n) is 7.97. The molecule has 0 amide bonds. The van der Waals surface area contributed by atoms with E-state index in [9.17, 15) is 17.6 Å². The van der Waals surface area contributed by atoms with Gasteiger partial charge in [0.1, 0.15) is 16.5 Å². The van der Waals surface area contributed by atoms with Crippen molar-refractivity contribution < 1.29 is 27.0 Å². The first-order valence-corrected chi connectivity index (χ1v) is 12.1. The standard InChI is InChI=1S/C25H21FN2O6S/c1-32-19-7-8-21-17(12-19)11-18(25(29)27-21)14-28(35(30,31)24-5-3-2-4-20(24)26)13-16-6-9-22-23(10-16)34-15-33-22/h2-12H,13-15H2,1H3,(H,27,29). The fourth-order valence-corrected chi connectivity index (χ4v) is 5.40. The zero-order valence-corrected chi connectivity index (χ0v) is 19.5. The summed E-state index contributed by atoms with van der Waals surface area (Å²) in [6, 6.07) is 17.0. The van der Waals surface area contributed by atoms with Gasteiger partial charge >= 0.3 is 0 Å². The summed E-state index contributed by atoms with van der Waals surface area (Å²) < 4.78 is 58.7. The van der Waals surface area contributed by atoms with E-state index in [-0.39, 0.29) is 25.4 Å². The Kier molecular flexibility index (Phi) is 5.91. The zero-order chi connectivity index (χ0) is 24.6. The van der Waals surface area contributed by atoms with Crippen molar-refractivity contribution in [1.29, 1.82) is 0 Å². The van der Waals surface area contributed by atoms with E-state index in [1.165, 1.54) is 25.3 Å². The van der Waals surface area contributed by atoms with E-state index in [0.717, 1.165) is 10.4 Å². The molecule has 2 heterocycles. The summed E-state index contributed by atoms with van der Waals surface area (Å²) in [5.74, 6) is 0.755. The number of nitrogens with one attached hydrogen (secondary N) is 1. The number of hydrogen-bond donors (Lipinski definition) is 1. The van der Waals surface area contributed by atoms with Crippen molar-refractivity contribution in [1.82, 2.24) is 9.29 Å². The molecule has 0 saturated heterocycles. The summed E-state index contributed by atoms with van der Waals surface area (Å²) in [6.45, 7) is -0.331. The van der Waals surface area contributed by atoms with Crippen molar-refractivity contribution in [3.8, 4) is 17.2 Å². The van der Waals surface area contributed by atoms with Crippen LogP contribution in [0.5, 0.6) is 17.2 Å². The Labute approximate surface area is 200 Å². The van der Waals surface area contributed by atoms with Crippen LogP contribution < -0.4 is 19.8 Å². The van der Waals surface area contributed by atoms with Crippen LogP contribution in [0.2, 0.25) is 0 Å². The summed E-state index contributed by atoms with van der Waals surface area (Å²) in [7, 11) is -2.79. The molecule has 4 aromatic rings. The van der Waals surface area contributed by atoms with Crippen LogP contribution in [0.1, 0.15) is 11.1 Å². The lowest BCUT2D eigenvalue weighted by atomic mass is 10.1. The molecule has 0 aliphatic carbocycles. The Balaban J connectivity index is 1.58. The minimum absolute atomic E-state index is 0.0754. The van der Waals surface area contributed by atoms with Crippen LogP contribution in [0.25, 0.3) is 10.9 Å². The van der Waals surface area contributed by atoms with Gasteiger partial charge in [-0.25, -0.2) is 12.8 Å². The number of benzene rings is 3. The molecule has 0 unspecified atom stereocenters. The first-order chi connectivity index (χ1) is 16.8. The first-order valence-electron chi connectivity index (χ1n) is 10.7. The predicted molar refractivity (Wildman–Crippen MR) is 127 cm³/mol. The molecule has 0 atom stereocenters. The summed E-state index contributed by atoms with van der Waals surface area (Å²) in [4.78, 5) is 15.1. The zero-order valence-electron chi connectivity index (χ0n) is 18.7. The van der Waals surface area contributed by atoms with E-state index in [0.29, 0.717) is 33.7 Å². The number of aromatic amines is 1. The minimum atomic E-state index is -4.32. The first kappa shape index (κ1) is 22.9. The lowest BCUT2D eigenvalue weighted by Crippen LogP contribution is -2.33. The highest BCUT2D eigenvalue weighted by Crippen LogP contribution is 2.33. The van der Waals surface area contributed by atoms with Gasteiger partial charge < -0.3 is 19.2 Å². The number of sulfonamides is 1. The molecule has 0 spiro atoms. The van der Waals surface area contributed by atoms with Gasteiger partial charge in [0.2, 0.25) is 16.8 Å². The van der Waals surface area contributed by atoms with Crippen LogP contribution in [0.3, 0.4) is 0 Å². The summed E-state index contributed by atoms with van der Waals surface area (Å²) in [5.41, 5.74) is 0.931. The third-order valence-corrected chi connectivity index (χ3v) is 7.55. The molecule has 3 aromatic carbocycles. The van der Waals surface area contributed by atoms with Crippen LogP contribution >= 0.6 is 0 Å². The fraction of sp³-hybridized carbons (Fsp3) is 0.160. The van der Waals surface area contributed by atoms with Gasteiger partial charge in [-0.2, -0.15) is 4.31 Å². The summed E-state index contributed by atoms with van der Waals surface area (Å²) in [5, 5.41) is 0.672. The maximum Gasteiger partial charge on any atom is 0.252 e. The van der Waals surface area contributed by atoms with Crippen LogP contribution in [0.4, 0.5) is 4.39 Å². The van der Waals surface area contributed by atoms with Gasteiger partial charge in [0.25, 0.3) is 5.56 Å². The lowest BCUT2D eigenvalue weighted by molar-refractivity contribution is 0.174. The molecule has 1 aromatic heterocycles. The molecule has 5 rings (SSSR count). The average molecular weight is 497 g/mol. The predicted octanol–water partition coefficient (Wildman–Crippen LogP) is 3.80. The highest BCUT2D eigenvalue weighted by Gasteiger charge is 2.29. The number of ether oxygens (including phenoxy) is 3. The number of aromatic nitrogens is 1. The molecule has 0 saturated carbocycles. The van der Waals surface area contributed by atoms with E-state index >= 15 is 0 Å². The van der Waals surface area contributed by atoms with Crippen molar-refractivity contribution >= 4 is 20.9 Å². The summed E-state index contributed by atoms with van der Waals surface area (Å²) in [6.07, 6.45) is 0. The van der Waals surface area contributed by atoms with Gasteiger partial charge in [0.15, 0.2) is 11.5 Å². The molecule has 10 heteroatoms. The lowest BCUT2D eigenvalue weighted by Gasteiger charge is -2.23. The van der Waals surface area contributed by atoms with Gasteiger partial charge in [-0.3, -0.25) is 4.79 Å². The Bertz CT molecular complexity index is 1580. The number of nitrogens with zero attached hydrogens (tertiary/aromatic N) is 1. The van der Waals surface area contributed by atoms with Gasteiger partial charge in [-0.15, -0.1) is 0 Å². The second kappa shape index (κ2) is 9.05. The van der Waals surface area contributed by atoms with E-state index < -0.39 is 26.3 Å². The fourth-order valence-electron chi connectivity index (χ4n) is 3.93. The number of halogens is 1. The summed E-state index contributed by atoms with van der Waals surface area (Å²) >= 11 is 0. The molecular formula is C25H21FN2O6S. The molecule has 35 heavy (non-hydrogen) atoms. The van der Waals surface area contributed by atoms with Crippen LogP contribution in [-0.4, -0.2) is 31.6 Å². The van der Waals surface area contributed by atoms with E-state index in [1.54, 1.807) is 42.5 Å². The molecule has 180 valence electrons. The monoisotopic (exact) mass is 496 g/mol. The topological polar surface area (TPSA) is 97.9 Å². The number of pyridine rings is 1. The Hall–Kier alpha value is -3.89. The van der Waals surface area contributed by atoms with Crippen molar-refractivity contribution in [3.05, 3.63) is 94.0 Å². The van der Waals surface area contributed by atoms with Crippen LogP contribution in [0.15, 0.2) is 76.4 Å². The normalized spacial score (nSPS) is 12.9. The van der Waals surface area contributed by atoms with Crippen molar-refractivity contribution in [2.45, 2.75) is 18.0 Å². The second-order valence-corrected chi connectivity index (χ2v) is 9.87. The molecule has 1 aliphatic heterocycles. The average Bonchev–Trinajstić information content (AvgIpc) is 3.32. The molecular weight excluding hydrogens is 475 g/mol. The maximum absolute atomic E-state index is 14.5. The third kappa shape index (κ3) is 4.45. The smallest absolute Gasteiger partial charge is 0.252 e. The molecule has 1 N–H and O–H groups in total. The number of hydrogen-bond acceptors (Lipinski definition) is 6. The highest BCUT2D eigenvalue weighted by atomic mass is 32.2. The van der Waals surface area contributed by atoms with Gasteiger partial charge in [-0.1, -0.05) is 18.2 Å². The minimum Gasteiger partial charge on any atom is -0.497 e. The number of H-pyrrole nitrogens is 1. The molecule has 8 nitrogen and oxygen atoms in total. The van der Waals surface area contributed by atoms with E-state index in [2.05, 4.69) is 4.98 Å². The van der Waals surface area contributed by atoms with Crippen LogP contribution in [-0.2, 0) is 23.1 Å². The van der Waals surface area contributed by atoms with Gasteiger partial charge in [-0.05, 0) is 54.1 Å². The number of rotatable bonds is 7. The SMILES string of the molecule is COc1ccc2[nH]c(=O)c(CN(Cc3ccc4c(c3)OCO4)S(=O)(=O)c3ccccc3F)cc2c1. The molecule has 1 aliphatic rings. The third-order valence-electron chi connectivity index (χ3n) is 5.73. The van der Waals surface area contributed by atoms with E-state index in [1.807, 2.05) is 0 Å². The van der Waals surface area contributed by atoms with Crippen LogP contribution in [0, 0.1) is 5.82 Å². The Morgan fingerprint density at radius 2 is 1.80 bits per heavy atom. The van der Waals surface area contributed by atoms with Crippen molar-refractivity contribution in [2.24, 2.45) is 0 Å². The van der Waals surface area contributed by atoms with Gasteiger partial charge in [0, 0.05) is 29.6 Å². The maximum atomic E-state index is 14.5. The Morgan fingerprint density at radius 3 is 2.60 bits per heavy atom. The quantitative estimate of drug-likeness (QED) is 0.418. The van der Waals surface area contributed by atoms with Crippen molar-refractivity contribution in [3.63, 3.8) is 0 Å². The van der Waals surface area contributed by atoms with E-state index in [4.69, 9.17) is 14.2 Å². The molecule has 0 bridgehead atoms. The van der Waals surface area contributed by atoms with Gasteiger partial charge in [0.05, 0.1) is 7.11 Å². The number of methoxy groups -OCH3 is 1. The molecule has 0 fully saturated rings.